The van der Waals surface area contributed by atoms with E-state index in [0.29, 0.717) is 11.1 Å². The lowest BCUT2D eigenvalue weighted by Crippen LogP contribution is -2.07. The second-order valence-electron chi connectivity index (χ2n) is 4.23. The van der Waals surface area contributed by atoms with Crippen LogP contribution in [0.2, 0.25) is 0 Å². The fourth-order valence-corrected chi connectivity index (χ4v) is 3.82. The van der Waals surface area contributed by atoms with Gasteiger partial charge < -0.3 is 5.11 Å². The summed E-state index contributed by atoms with van der Waals surface area (Å²) in [5, 5.41) is 12.5. The molecular weight excluding hydrogens is 224 g/mol. The minimum atomic E-state index is -3.52. The lowest BCUT2D eigenvalue weighted by atomic mass is 9.94. The maximum absolute atomic E-state index is 11.8. The molecule has 0 spiro atoms. The van der Waals surface area contributed by atoms with E-state index < -0.39 is 15.6 Å². The molecule has 1 aromatic rings. The molecule has 1 aromatic carbocycles. The first-order valence-electron chi connectivity index (χ1n) is 5.02. The third-order valence-electron chi connectivity index (χ3n) is 3.42. The zero-order chi connectivity index (χ0) is 12.2. The van der Waals surface area contributed by atoms with E-state index in [1.807, 2.05) is 13.8 Å². The van der Waals surface area contributed by atoms with E-state index in [4.69, 9.17) is 0 Å². The van der Waals surface area contributed by atoms with Crippen molar-refractivity contribution in [1.82, 2.24) is 0 Å². The Bertz CT molecular complexity index is 622. The molecule has 0 N–H and O–H groups in total. The maximum Gasteiger partial charge on any atom is 0.200 e. The highest BCUT2D eigenvalue weighted by atomic mass is 32.2. The molecular formula is C12H13O3S-. The Morgan fingerprint density at radius 1 is 0.938 bits per heavy atom. The zero-order valence-electron chi connectivity index (χ0n) is 9.71. The molecule has 0 radical (unpaired) electrons. The number of rotatable bonds is 0. The molecule has 3 nitrogen and oxygen atoms in total. The van der Waals surface area contributed by atoms with Crippen LogP contribution in [0.25, 0.3) is 5.76 Å². The van der Waals surface area contributed by atoms with E-state index in [9.17, 15) is 13.5 Å². The number of hydrogen-bond donors (Lipinski definition) is 0. The van der Waals surface area contributed by atoms with Crippen molar-refractivity contribution < 1.29 is 13.5 Å². The van der Waals surface area contributed by atoms with Crippen molar-refractivity contribution in [2.45, 2.75) is 32.6 Å². The first-order valence-corrected chi connectivity index (χ1v) is 6.56. The SMILES string of the molecule is Cc1c(C)c(C)c2c(c1C)C([O-])=CS2(=O)=O. The molecule has 0 amide bonds. The van der Waals surface area contributed by atoms with Gasteiger partial charge in [0.2, 0.25) is 0 Å². The van der Waals surface area contributed by atoms with Crippen LogP contribution in [-0.4, -0.2) is 8.42 Å². The van der Waals surface area contributed by atoms with Crippen LogP contribution in [0.4, 0.5) is 0 Å². The van der Waals surface area contributed by atoms with E-state index in [0.717, 1.165) is 22.1 Å². The molecule has 86 valence electrons. The van der Waals surface area contributed by atoms with Gasteiger partial charge in [0.25, 0.3) is 0 Å². The molecule has 0 atom stereocenters. The lowest BCUT2D eigenvalue weighted by molar-refractivity contribution is -0.243. The van der Waals surface area contributed by atoms with Crippen LogP contribution >= 0.6 is 0 Å². The minimum absolute atomic E-state index is 0.207. The van der Waals surface area contributed by atoms with Crippen molar-refractivity contribution in [3.63, 3.8) is 0 Å². The van der Waals surface area contributed by atoms with Crippen molar-refractivity contribution in [2.75, 3.05) is 0 Å². The van der Waals surface area contributed by atoms with Gasteiger partial charge in [-0.2, -0.15) is 0 Å². The highest BCUT2D eigenvalue weighted by molar-refractivity contribution is 7.95. The first kappa shape index (κ1) is 11.2. The Hall–Kier alpha value is -1.29. The Kier molecular flexibility index (Phi) is 2.17. The predicted octanol–water partition coefficient (Wildman–Crippen LogP) is 1.37. The smallest absolute Gasteiger partial charge is 0.200 e. The van der Waals surface area contributed by atoms with Gasteiger partial charge in [0.1, 0.15) is 0 Å². The van der Waals surface area contributed by atoms with Crippen molar-refractivity contribution in [3.05, 3.63) is 33.2 Å². The average Bonchev–Trinajstić information content (AvgIpc) is 2.42. The molecule has 0 aromatic heterocycles. The van der Waals surface area contributed by atoms with Crippen LogP contribution in [0.15, 0.2) is 10.3 Å². The Balaban J connectivity index is 3.04. The second-order valence-corrected chi connectivity index (χ2v) is 5.97. The number of benzene rings is 1. The van der Waals surface area contributed by atoms with Gasteiger partial charge in [-0.3, -0.25) is 0 Å². The number of hydrogen-bond acceptors (Lipinski definition) is 3. The van der Waals surface area contributed by atoms with Crippen molar-refractivity contribution >= 4 is 15.6 Å². The van der Waals surface area contributed by atoms with Gasteiger partial charge in [-0.1, -0.05) is 5.76 Å². The molecule has 0 bridgehead atoms. The van der Waals surface area contributed by atoms with Gasteiger partial charge in [0.05, 0.1) is 4.90 Å². The summed E-state index contributed by atoms with van der Waals surface area (Å²) in [4.78, 5) is 0.207. The van der Waals surface area contributed by atoms with Gasteiger partial charge in [0, 0.05) is 5.41 Å². The predicted molar refractivity (Wildman–Crippen MR) is 60.6 cm³/mol. The highest BCUT2D eigenvalue weighted by Crippen LogP contribution is 2.38. The Labute approximate surface area is 95.3 Å². The van der Waals surface area contributed by atoms with Crippen molar-refractivity contribution in [1.29, 1.82) is 0 Å². The van der Waals surface area contributed by atoms with Crippen LogP contribution in [-0.2, 0) is 9.84 Å². The summed E-state index contributed by atoms with van der Waals surface area (Å²) in [6, 6.07) is 0. The number of fused-ring (bicyclic) bond motifs is 1. The van der Waals surface area contributed by atoms with Gasteiger partial charge in [-0.05, 0) is 55.5 Å². The van der Waals surface area contributed by atoms with Crippen LogP contribution in [0.5, 0.6) is 0 Å². The van der Waals surface area contributed by atoms with Crippen molar-refractivity contribution in [2.24, 2.45) is 0 Å². The van der Waals surface area contributed by atoms with E-state index in [1.165, 1.54) is 0 Å². The molecule has 0 fully saturated rings. The first-order chi connectivity index (χ1) is 7.27. The molecule has 16 heavy (non-hydrogen) atoms. The van der Waals surface area contributed by atoms with E-state index in [2.05, 4.69) is 0 Å². The Morgan fingerprint density at radius 2 is 1.44 bits per heavy atom. The molecule has 2 rings (SSSR count). The van der Waals surface area contributed by atoms with Gasteiger partial charge in [-0.25, -0.2) is 8.42 Å². The van der Waals surface area contributed by atoms with Gasteiger partial charge in [0.15, 0.2) is 9.84 Å². The topological polar surface area (TPSA) is 57.2 Å². The molecule has 1 aliphatic heterocycles. The second kappa shape index (κ2) is 3.10. The fraction of sp³-hybridized carbons (Fsp3) is 0.333. The molecule has 0 unspecified atom stereocenters. The molecule has 0 saturated heterocycles. The molecule has 0 saturated carbocycles. The maximum atomic E-state index is 11.8. The van der Waals surface area contributed by atoms with Crippen LogP contribution in [0, 0.1) is 27.7 Å². The van der Waals surface area contributed by atoms with Crippen LogP contribution in [0.1, 0.15) is 27.8 Å². The van der Waals surface area contributed by atoms with Crippen molar-refractivity contribution in [3.8, 4) is 0 Å². The van der Waals surface area contributed by atoms with Crippen LogP contribution < -0.4 is 5.11 Å². The van der Waals surface area contributed by atoms with Crippen LogP contribution in [0.3, 0.4) is 0 Å². The molecule has 1 aliphatic rings. The molecule has 1 heterocycles. The molecule has 4 heteroatoms. The number of sulfone groups is 1. The van der Waals surface area contributed by atoms with E-state index in [1.54, 1.807) is 13.8 Å². The zero-order valence-corrected chi connectivity index (χ0v) is 10.5. The lowest BCUT2D eigenvalue weighted by Gasteiger charge is -2.18. The highest BCUT2D eigenvalue weighted by Gasteiger charge is 2.28. The standard InChI is InChI=1S/C12H14O3S/c1-6-7(2)9(4)12-11(8(6)3)10(13)5-16(12,14)15/h5,13H,1-4H3/p-1. The van der Waals surface area contributed by atoms with E-state index in [-0.39, 0.29) is 4.90 Å². The summed E-state index contributed by atoms with van der Waals surface area (Å²) >= 11 is 0. The summed E-state index contributed by atoms with van der Waals surface area (Å²) in [5.74, 6) is -0.390. The molecule has 0 aliphatic carbocycles. The summed E-state index contributed by atoms with van der Waals surface area (Å²) in [7, 11) is -3.52. The summed E-state index contributed by atoms with van der Waals surface area (Å²) < 4.78 is 23.6. The largest absolute Gasteiger partial charge is 0.872 e. The van der Waals surface area contributed by atoms with Gasteiger partial charge >= 0.3 is 0 Å². The summed E-state index contributed by atoms with van der Waals surface area (Å²) in [5.41, 5.74) is 3.78. The average molecular weight is 237 g/mol. The Morgan fingerprint density at radius 3 is 2.00 bits per heavy atom. The van der Waals surface area contributed by atoms with Gasteiger partial charge in [-0.15, -0.1) is 0 Å². The fourth-order valence-electron chi connectivity index (χ4n) is 2.19. The minimum Gasteiger partial charge on any atom is -0.872 e. The summed E-state index contributed by atoms with van der Waals surface area (Å²) in [6.45, 7) is 7.35. The summed E-state index contributed by atoms with van der Waals surface area (Å²) in [6.07, 6.45) is 0. The quantitative estimate of drug-likeness (QED) is 0.684. The normalized spacial score (nSPS) is 17.1. The third kappa shape index (κ3) is 1.23. The van der Waals surface area contributed by atoms with E-state index >= 15 is 0 Å². The third-order valence-corrected chi connectivity index (χ3v) is 5.03. The monoisotopic (exact) mass is 237 g/mol.